The Kier molecular flexibility index (Phi) is 3.14. The normalized spacial score (nSPS) is 14.4. The van der Waals surface area contributed by atoms with Crippen LogP contribution in [0.15, 0.2) is 48.3 Å². The molecule has 1 aliphatic rings. The van der Waals surface area contributed by atoms with E-state index in [1.54, 1.807) is 24.3 Å². The number of nitrogens with one attached hydrogen (secondary N) is 1. The molecular weight excluding hydrogens is 214 g/mol. The minimum atomic E-state index is -0.186. The van der Waals surface area contributed by atoms with Gasteiger partial charge in [0.05, 0.1) is 11.3 Å². The van der Waals surface area contributed by atoms with Gasteiger partial charge in [-0.3, -0.25) is 4.79 Å². The number of anilines is 1. The average molecular weight is 229 g/mol. The number of hydrogen-bond donors (Lipinski definition) is 2. The Balaban J connectivity index is 2.13. The third-order valence-electron chi connectivity index (χ3n) is 2.51. The van der Waals surface area contributed by atoms with Gasteiger partial charge in [-0.15, -0.1) is 0 Å². The lowest BCUT2D eigenvalue weighted by Gasteiger charge is -2.18. The zero-order chi connectivity index (χ0) is 12.3. The van der Waals surface area contributed by atoms with Crippen LogP contribution in [0.4, 0.5) is 5.69 Å². The van der Waals surface area contributed by atoms with Gasteiger partial charge in [-0.25, -0.2) is 0 Å². The summed E-state index contributed by atoms with van der Waals surface area (Å²) in [6.07, 6.45) is 5.76. The van der Waals surface area contributed by atoms with Gasteiger partial charge in [-0.2, -0.15) is 0 Å². The highest BCUT2D eigenvalue weighted by molar-refractivity contribution is 6.00. The standard InChI is InChI=1S/C13H15N3O/c1-16-8-4-5-10(9-16)15-13(17)11-6-2-3-7-12(11)14/h2-7,9H,8,14H2,1H3,(H,15,17). The summed E-state index contributed by atoms with van der Waals surface area (Å²) in [5.41, 5.74) is 7.50. The number of nitrogens with two attached hydrogens (primary N) is 1. The molecule has 0 atom stereocenters. The van der Waals surface area contributed by atoms with E-state index < -0.39 is 0 Å². The molecular formula is C13H15N3O. The molecule has 0 unspecified atom stereocenters. The SMILES string of the molecule is CN1C=C(NC(=O)c2ccccc2N)C=CC1. The van der Waals surface area contributed by atoms with Crippen LogP contribution in [0.1, 0.15) is 10.4 Å². The van der Waals surface area contributed by atoms with Crippen molar-refractivity contribution in [2.45, 2.75) is 0 Å². The predicted molar refractivity (Wildman–Crippen MR) is 68.2 cm³/mol. The lowest BCUT2D eigenvalue weighted by atomic mass is 10.1. The van der Waals surface area contributed by atoms with Crippen LogP contribution in [0, 0.1) is 0 Å². The zero-order valence-electron chi connectivity index (χ0n) is 9.68. The van der Waals surface area contributed by atoms with Crippen LogP contribution < -0.4 is 11.1 Å². The lowest BCUT2D eigenvalue weighted by molar-refractivity contribution is 0.0967. The summed E-state index contributed by atoms with van der Waals surface area (Å²) >= 11 is 0. The van der Waals surface area contributed by atoms with E-state index in [-0.39, 0.29) is 5.91 Å². The van der Waals surface area contributed by atoms with Gasteiger partial charge in [-0.05, 0) is 18.2 Å². The predicted octanol–water partition coefficient (Wildman–Crippen LogP) is 1.34. The summed E-state index contributed by atoms with van der Waals surface area (Å²) in [6, 6.07) is 7.02. The van der Waals surface area contributed by atoms with E-state index in [0.29, 0.717) is 11.3 Å². The third-order valence-corrected chi connectivity index (χ3v) is 2.51. The highest BCUT2D eigenvalue weighted by Crippen LogP contribution is 2.11. The van der Waals surface area contributed by atoms with Crippen LogP contribution in [-0.2, 0) is 0 Å². The Labute approximate surface area is 100 Å². The van der Waals surface area contributed by atoms with Crippen molar-refractivity contribution in [2.75, 3.05) is 19.3 Å². The lowest BCUT2D eigenvalue weighted by Crippen LogP contribution is -2.26. The largest absolute Gasteiger partial charge is 0.398 e. The molecule has 0 aliphatic carbocycles. The van der Waals surface area contributed by atoms with Crippen molar-refractivity contribution in [2.24, 2.45) is 0 Å². The minimum Gasteiger partial charge on any atom is -0.398 e. The van der Waals surface area contributed by atoms with Crippen molar-refractivity contribution in [3.8, 4) is 0 Å². The molecule has 4 nitrogen and oxygen atoms in total. The fourth-order valence-corrected chi connectivity index (χ4v) is 1.66. The van der Waals surface area contributed by atoms with Crippen molar-refractivity contribution < 1.29 is 4.79 Å². The third kappa shape index (κ3) is 2.66. The van der Waals surface area contributed by atoms with E-state index >= 15 is 0 Å². The maximum absolute atomic E-state index is 12.0. The number of allylic oxidation sites excluding steroid dienone is 1. The quantitative estimate of drug-likeness (QED) is 0.752. The zero-order valence-corrected chi connectivity index (χ0v) is 9.68. The number of benzene rings is 1. The second kappa shape index (κ2) is 4.74. The smallest absolute Gasteiger partial charge is 0.257 e. The molecule has 0 spiro atoms. The van der Waals surface area contributed by atoms with Gasteiger partial charge in [-0.1, -0.05) is 18.2 Å². The number of amides is 1. The Morgan fingerprint density at radius 3 is 2.88 bits per heavy atom. The second-order valence-electron chi connectivity index (χ2n) is 3.97. The maximum Gasteiger partial charge on any atom is 0.257 e. The molecule has 17 heavy (non-hydrogen) atoms. The van der Waals surface area contributed by atoms with E-state index in [9.17, 15) is 4.79 Å². The molecule has 0 bridgehead atoms. The molecule has 1 heterocycles. The second-order valence-corrected chi connectivity index (χ2v) is 3.97. The molecule has 1 aromatic carbocycles. The van der Waals surface area contributed by atoms with Gasteiger partial charge in [0.1, 0.15) is 0 Å². The molecule has 88 valence electrons. The summed E-state index contributed by atoms with van der Waals surface area (Å²) in [5.74, 6) is -0.186. The van der Waals surface area contributed by atoms with E-state index in [4.69, 9.17) is 5.73 Å². The first kappa shape index (κ1) is 11.3. The topological polar surface area (TPSA) is 58.4 Å². The van der Waals surface area contributed by atoms with Crippen molar-refractivity contribution in [1.82, 2.24) is 10.2 Å². The first-order valence-electron chi connectivity index (χ1n) is 5.41. The number of rotatable bonds is 2. The number of carbonyl (C=O) groups excluding carboxylic acids is 1. The highest BCUT2D eigenvalue weighted by Gasteiger charge is 2.10. The van der Waals surface area contributed by atoms with Crippen LogP contribution in [0.5, 0.6) is 0 Å². The first-order valence-corrected chi connectivity index (χ1v) is 5.41. The molecule has 0 saturated carbocycles. The van der Waals surface area contributed by atoms with Crippen molar-refractivity contribution in [3.63, 3.8) is 0 Å². The Bertz CT molecular complexity index is 491. The highest BCUT2D eigenvalue weighted by atomic mass is 16.1. The minimum absolute atomic E-state index is 0.186. The number of carbonyl (C=O) groups is 1. The number of nitrogens with zero attached hydrogens (tertiary/aromatic N) is 1. The maximum atomic E-state index is 12.0. The number of hydrogen-bond acceptors (Lipinski definition) is 3. The van der Waals surface area contributed by atoms with Crippen molar-refractivity contribution >= 4 is 11.6 Å². The molecule has 0 radical (unpaired) electrons. The molecule has 1 aliphatic heterocycles. The molecule has 2 rings (SSSR count). The summed E-state index contributed by atoms with van der Waals surface area (Å²) in [6.45, 7) is 0.854. The number of likely N-dealkylation sites (N-methyl/N-ethyl adjacent to an activating group) is 1. The number of nitrogen functional groups attached to an aromatic ring is 1. The van der Waals surface area contributed by atoms with Gasteiger partial charge >= 0.3 is 0 Å². The average Bonchev–Trinajstić information content (AvgIpc) is 2.29. The van der Waals surface area contributed by atoms with Gasteiger partial charge in [0.25, 0.3) is 5.91 Å². The van der Waals surface area contributed by atoms with Gasteiger partial charge in [0, 0.05) is 25.5 Å². The van der Waals surface area contributed by atoms with Gasteiger partial charge in [0.15, 0.2) is 0 Å². The van der Waals surface area contributed by atoms with E-state index in [0.717, 1.165) is 12.2 Å². The van der Waals surface area contributed by atoms with E-state index in [2.05, 4.69) is 5.32 Å². The first-order chi connectivity index (χ1) is 8.16. The van der Waals surface area contributed by atoms with Gasteiger partial charge < -0.3 is 16.0 Å². The van der Waals surface area contributed by atoms with Crippen molar-refractivity contribution in [3.05, 3.63) is 53.9 Å². The monoisotopic (exact) mass is 229 g/mol. The van der Waals surface area contributed by atoms with E-state index in [1.165, 1.54) is 0 Å². The Morgan fingerprint density at radius 1 is 1.41 bits per heavy atom. The molecule has 0 saturated heterocycles. The summed E-state index contributed by atoms with van der Waals surface area (Å²) in [7, 11) is 1.95. The Hall–Kier alpha value is -2.23. The van der Waals surface area contributed by atoms with Crippen LogP contribution in [0.3, 0.4) is 0 Å². The Morgan fingerprint density at radius 2 is 2.18 bits per heavy atom. The molecule has 0 aromatic heterocycles. The van der Waals surface area contributed by atoms with Gasteiger partial charge in [0.2, 0.25) is 0 Å². The molecule has 3 N–H and O–H groups in total. The van der Waals surface area contributed by atoms with Crippen LogP contribution in [-0.4, -0.2) is 24.4 Å². The molecule has 1 amide bonds. The summed E-state index contributed by atoms with van der Waals surface area (Å²) < 4.78 is 0. The fraction of sp³-hybridized carbons (Fsp3) is 0.154. The fourth-order valence-electron chi connectivity index (χ4n) is 1.66. The summed E-state index contributed by atoms with van der Waals surface area (Å²) in [4.78, 5) is 13.9. The van der Waals surface area contributed by atoms with Crippen LogP contribution in [0.25, 0.3) is 0 Å². The molecule has 4 heteroatoms. The molecule has 0 fully saturated rings. The van der Waals surface area contributed by atoms with E-state index in [1.807, 2.05) is 30.3 Å². The van der Waals surface area contributed by atoms with Crippen LogP contribution in [0.2, 0.25) is 0 Å². The number of para-hydroxylation sites is 1. The van der Waals surface area contributed by atoms with Crippen LogP contribution >= 0.6 is 0 Å². The molecule has 1 aromatic rings. The van der Waals surface area contributed by atoms with Crippen molar-refractivity contribution in [1.29, 1.82) is 0 Å². The summed E-state index contributed by atoms with van der Waals surface area (Å²) in [5, 5.41) is 2.82.